The average Bonchev–Trinajstić information content (AvgIpc) is 2.57. The number of hydrogen-bond acceptors (Lipinski definition) is 4. The van der Waals surface area contributed by atoms with Crippen molar-refractivity contribution in [3.8, 4) is 5.75 Å². The first-order valence-electron chi connectivity index (χ1n) is 7.37. The molecule has 2 aromatic rings. The first kappa shape index (κ1) is 15.2. The van der Waals surface area contributed by atoms with E-state index in [0.29, 0.717) is 24.8 Å². The summed E-state index contributed by atoms with van der Waals surface area (Å²) in [6, 6.07) is 15.6. The highest BCUT2D eigenvalue weighted by Crippen LogP contribution is 2.35. The second kappa shape index (κ2) is 7.01. The van der Waals surface area contributed by atoms with E-state index in [1.807, 2.05) is 30.3 Å². The molecule has 2 aromatic carbocycles. The minimum Gasteiger partial charge on any atom is -0.504 e. The predicted molar refractivity (Wildman–Crippen MR) is 88.1 cm³/mol. The Morgan fingerprint density at radius 3 is 2.50 bits per heavy atom. The molecule has 0 bridgehead atoms. The molecule has 0 aromatic heterocycles. The van der Waals surface area contributed by atoms with Crippen LogP contribution in [0.2, 0.25) is 5.02 Å². The highest BCUT2D eigenvalue weighted by atomic mass is 35.5. The van der Waals surface area contributed by atoms with Crippen molar-refractivity contribution in [2.75, 3.05) is 31.3 Å². The first-order valence-corrected chi connectivity index (χ1v) is 7.75. The molecular formula is C17H19ClN2O2. The van der Waals surface area contributed by atoms with Crippen LogP contribution in [-0.4, -0.2) is 36.4 Å². The molecule has 0 radical (unpaired) electrons. The molecule has 0 spiro atoms. The Kier molecular flexibility index (Phi) is 4.83. The maximum absolute atomic E-state index is 10.3. The smallest absolute Gasteiger partial charge is 0.158 e. The maximum atomic E-state index is 10.3. The molecule has 0 saturated carbocycles. The van der Waals surface area contributed by atoms with Crippen molar-refractivity contribution in [1.29, 1.82) is 0 Å². The fraction of sp³-hybridized carbons (Fsp3) is 0.294. The van der Waals surface area contributed by atoms with E-state index in [4.69, 9.17) is 16.3 Å². The Hall–Kier alpha value is -1.75. The molecule has 1 fully saturated rings. The third kappa shape index (κ3) is 3.35. The number of hydrogen-bond donors (Lipinski definition) is 1. The number of hydrazine groups is 1. The lowest BCUT2D eigenvalue weighted by Crippen LogP contribution is -2.48. The van der Waals surface area contributed by atoms with Crippen LogP contribution in [0.5, 0.6) is 5.75 Å². The minimum absolute atomic E-state index is 0.117. The third-order valence-electron chi connectivity index (χ3n) is 3.75. The first-order chi connectivity index (χ1) is 10.8. The van der Waals surface area contributed by atoms with Gasteiger partial charge in [-0.25, -0.2) is 5.01 Å². The molecule has 5 heteroatoms. The molecule has 22 heavy (non-hydrogen) atoms. The molecule has 0 aliphatic carbocycles. The zero-order valence-corrected chi connectivity index (χ0v) is 13.0. The largest absolute Gasteiger partial charge is 0.504 e. The summed E-state index contributed by atoms with van der Waals surface area (Å²) in [6.07, 6.45) is 0. The van der Waals surface area contributed by atoms with Crippen molar-refractivity contribution in [3.63, 3.8) is 0 Å². The van der Waals surface area contributed by atoms with Crippen molar-refractivity contribution >= 4 is 17.3 Å². The van der Waals surface area contributed by atoms with E-state index in [1.165, 1.54) is 5.56 Å². The van der Waals surface area contributed by atoms with Crippen molar-refractivity contribution in [2.45, 2.75) is 6.54 Å². The van der Waals surface area contributed by atoms with Crippen LogP contribution < -0.4 is 5.01 Å². The van der Waals surface area contributed by atoms with Gasteiger partial charge in [0.2, 0.25) is 0 Å². The highest BCUT2D eigenvalue weighted by molar-refractivity contribution is 6.32. The van der Waals surface area contributed by atoms with Gasteiger partial charge in [-0.1, -0.05) is 48.0 Å². The van der Waals surface area contributed by atoms with Gasteiger partial charge in [-0.2, -0.15) is 0 Å². The van der Waals surface area contributed by atoms with E-state index in [-0.39, 0.29) is 5.75 Å². The molecule has 0 atom stereocenters. The summed E-state index contributed by atoms with van der Waals surface area (Å²) in [5.74, 6) is 0.117. The van der Waals surface area contributed by atoms with Gasteiger partial charge in [0, 0.05) is 13.1 Å². The molecule has 116 valence electrons. The average molecular weight is 319 g/mol. The van der Waals surface area contributed by atoms with Gasteiger partial charge in [0.15, 0.2) is 5.75 Å². The van der Waals surface area contributed by atoms with Crippen LogP contribution >= 0.6 is 11.6 Å². The van der Waals surface area contributed by atoms with Gasteiger partial charge < -0.3 is 9.84 Å². The third-order valence-corrected chi connectivity index (χ3v) is 4.05. The van der Waals surface area contributed by atoms with Crippen LogP contribution in [0.25, 0.3) is 0 Å². The number of morpholine rings is 1. The fourth-order valence-electron chi connectivity index (χ4n) is 2.60. The molecule has 0 amide bonds. The van der Waals surface area contributed by atoms with Crippen molar-refractivity contribution in [2.24, 2.45) is 0 Å². The summed E-state index contributed by atoms with van der Waals surface area (Å²) < 4.78 is 5.43. The Labute approximate surface area is 135 Å². The molecule has 4 nitrogen and oxygen atoms in total. The quantitative estimate of drug-likeness (QED) is 0.938. The lowest BCUT2D eigenvalue weighted by molar-refractivity contribution is 0.0304. The zero-order chi connectivity index (χ0) is 15.4. The van der Waals surface area contributed by atoms with Crippen LogP contribution in [0.3, 0.4) is 0 Å². The Morgan fingerprint density at radius 1 is 1.05 bits per heavy atom. The number of phenolic OH excluding ortho intramolecular Hbond substituents is 1. The van der Waals surface area contributed by atoms with Crippen molar-refractivity contribution < 1.29 is 9.84 Å². The van der Waals surface area contributed by atoms with Gasteiger partial charge in [0.25, 0.3) is 0 Å². The van der Waals surface area contributed by atoms with Gasteiger partial charge >= 0.3 is 0 Å². The Balaban J connectivity index is 1.93. The number of phenols is 1. The normalized spacial score (nSPS) is 15.7. The van der Waals surface area contributed by atoms with E-state index in [2.05, 4.69) is 22.2 Å². The highest BCUT2D eigenvalue weighted by Gasteiger charge is 2.22. The number of rotatable bonds is 4. The minimum atomic E-state index is 0.117. The van der Waals surface area contributed by atoms with Gasteiger partial charge in [-0.3, -0.25) is 5.01 Å². The molecule has 0 unspecified atom stereocenters. The second-order valence-corrected chi connectivity index (χ2v) is 5.62. The summed E-state index contributed by atoms with van der Waals surface area (Å²) in [5, 5.41) is 15.0. The molecule has 1 aliphatic heterocycles. The fourth-order valence-corrected chi connectivity index (χ4v) is 2.77. The number of aromatic hydroxyl groups is 1. The van der Waals surface area contributed by atoms with E-state index in [1.54, 1.807) is 6.07 Å². The van der Waals surface area contributed by atoms with Gasteiger partial charge in [0.1, 0.15) is 0 Å². The number of para-hydroxylation sites is 1. The van der Waals surface area contributed by atoms with E-state index >= 15 is 0 Å². The summed E-state index contributed by atoms with van der Waals surface area (Å²) in [5.41, 5.74) is 1.90. The number of benzene rings is 2. The summed E-state index contributed by atoms with van der Waals surface area (Å²) in [4.78, 5) is 0. The number of nitrogens with zero attached hydrogens (tertiary/aromatic N) is 2. The predicted octanol–water partition coefficient (Wildman–Crippen LogP) is 3.30. The lowest BCUT2D eigenvalue weighted by Gasteiger charge is -2.39. The van der Waals surface area contributed by atoms with Crippen LogP contribution in [0, 0.1) is 0 Å². The second-order valence-electron chi connectivity index (χ2n) is 5.22. The maximum Gasteiger partial charge on any atom is 0.158 e. The SMILES string of the molecule is Oc1c(Cl)cccc1N(Cc1ccccc1)N1CCOCC1. The van der Waals surface area contributed by atoms with Crippen LogP contribution in [0.4, 0.5) is 5.69 Å². The number of ether oxygens (including phenoxy) is 1. The molecular weight excluding hydrogens is 300 g/mol. The Morgan fingerprint density at radius 2 is 1.77 bits per heavy atom. The number of halogens is 1. The molecule has 3 rings (SSSR count). The van der Waals surface area contributed by atoms with Crippen LogP contribution in [0.15, 0.2) is 48.5 Å². The topological polar surface area (TPSA) is 35.9 Å². The van der Waals surface area contributed by atoms with Gasteiger partial charge in [-0.15, -0.1) is 0 Å². The lowest BCUT2D eigenvalue weighted by atomic mass is 10.2. The van der Waals surface area contributed by atoms with Crippen molar-refractivity contribution in [3.05, 3.63) is 59.1 Å². The summed E-state index contributed by atoms with van der Waals surface area (Å²) in [7, 11) is 0. The molecule has 1 N–H and O–H groups in total. The summed E-state index contributed by atoms with van der Waals surface area (Å²) in [6.45, 7) is 3.63. The molecule has 1 heterocycles. The summed E-state index contributed by atoms with van der Waals surface area (Å²) >= 11 is 6.08. The number of anilines is 1. The zero-order valence-electron chi connectivity index (χ0n) is 12.3. The van der Waals surface area contributed by atoms with Crippen molar-refractivity contribution in [1.82, 2.24) is 5.01 Å². The van der Waals surface area contributed by atoms with Gasteiger partial charge in [-0.05, 0) is 17.7 Å². The van der Waals surface area contributed by atoms with Crippen LogP contribution in [0.1, 0.15) is 5.56 Å². The standard InChI is InChI=1S/C17H19ClN2O2/c18-15-7-4-8-16(17(15)21)20(19-9-11-22-12-10-19)13-14-5-2-1-3-6-14/h1-8,21H,9-13H2. The van der Waals surface area contributed by atoms with Crippen LogP contribution in [-0.2, 0) is 11.3 Å². The van der Waals surface area contributed by atoms with E-state index in [9.17, 15) is 5.11 Å². The van der Waals surface area contributed by atoms with Gasteiger partial charge in [0.05, 0.1) is 30.5 Å². The molecule has 1 aliphatic rings. The van der Waals surface area contributed by atoms with E-state index < -0.39 is 0 Å². The van der Waals surface area contributed by atoms with E-state index in [0.717, 1.165) is 18.8 Å². The molecule has 1 saturated heterocycles. The Bertz CT molecular complexity index is 615. The monoisotopic (exact) mass is 318 g/mol.